The maximum absolute atomic E-state index is 10.9. The quantitative estimate of drug-likeness (QED) is 0.645. The van der Waals surface area contributed by atoms with Crippen LogP contribution in [0.4, 0.5) is 0 Å². The van der Waals surface area contributed by atoms with Gasteiger partial charge < -0.3 is 10.1 Å². The summed E-state index contributed by atoms with van der Waals surface area (Å²) in [5, 5.41) is 3.91. The van der Waals surface area contributed by atoms with Gasteiger partial charge in [0.25, 0.3) is 0 Å². The van der Waals surface area contributed by atoms with E-state index in [2.05, 4.69) is 10.3 Å². The Morgan fingerprint density at radius 3 is 3.25 bits per heavy atom. The number of carbonyl (C=O) groups excluding carboxylic acids is 1. The Bertz CT molecular complexity index is 194. The summed E-state index contributed by atoms with van der Waals surface area (Å²) in [6, 6.07) is 0. The molecule has 1 aliphatic heterocycles. The van der Waals surface area contributed by atoms with Gasteiger partial charge in [0, 0.05) is 6.54 Å². The van der Waals surface area contributed by atoms with Crippen molar-refractivity contribution in [2.45, 2.75) is 6.92 Å². The van der Waals surface area contributed by atoms with Crippen LogP contribution in [-0.4, -0.2) is 36.6 Å². The second kappa shape index (κ2) is 5.03. The van der Waals surface area contributed by atoms with Gasteiger partial charge >= 0.3 is 5.97 Å². The lowest BCUT2D eigenvalue weighted by atomic mass is 10.7. The highest BCUT2D eigenvalue weighted by Gasteiger charge is 2.08. The Hall–Kier alpha value is -0.710. The van der Waals surface area contributed by atoms with E-state index < -0.39 is 0 Å². The molecule has 1 aliphatic rings. The first-order chi connectivity index (χ1) is 5.83. The molecule has 0 fully saturated rings. The molecule has 5 heteroatoms. The highest BCUT2D eigenvalue weighted by Crippen LogP contribution is 2.05. The highest BCUT2D eigenvalue weighted by molar-refractivity contribution is 8.14. The fourth-order valence-electron chi connectivity index (χ4n) is 0.803. The number of hydrogen-bond acceptors (Lipinski definition) is 5. The third-order valence-corrected chi connectivity index (χ3v) is 2.20. The van der Waals surface area contributed by atoms with Crippen LogP contribution in [0.5, 0.6) is 0 Å². The molecule has 1 N–H and O–H groups in total. The largest absolute Gasteiger partial charge is 0.465 e. The maximum Gasteiger partial charge on any atom is 0.316 e. The Labute approximate surface area is 75.8 Å². The molecule has 0 aromatic carbocycles. The third kappa shape index (κ3) is 3.13. The van der Waals surface area contributed by atoms with Crippen LogP contribution in [0.15, 0.2) is 4.99 Å². The van der Waals surface area contributed by atoms with Crippen LogP contribution in [-0.2, 0) is 9.53 Å². The zero-order valence-corrected chi connectivity index (χ0v) is 7.82. The normalized spacial score (nSPS) is 15.2. The molecule has 0 saturated carbocycles. The van der Waals surface area contributed by atoms with Gasteiger partial charge in [-0.05, 0) is 6.92 Å². The SMILES string of the molecule is CCOC(=O)CSC1=NCCN1. The van der Waals surface area contributed by atoms with E-state index in [1.807, 2.05) is 0 Å². The molecule has 1 rings (SSSR count). The maximum atomic E-state index is 10.9. The smallest absolute Gasteiger partial charge is 0.316 e. The minimum absolute atomic E-state index is 0.182. The molecule has 0 spiro atoms. The van der Waals surface area contributed by atoms with Gasteiger partial charge in [-0.3, -0.25) is 9.79 Å². The van der Waals surface area contributed by atoms with Crippen molar-refractivity contribution in [2.24, 2.45) is 4.99 Å². The average Bonchev–Trinajstić information content (AvgIpc) is 2.53. The monoisotopic (exact) mass is 188 g/mol. The molecule has 0 aromatic rings. The van der Waals surface area contributed by atoms with Crippen molar-refractivity contribution in [3.05, 3.63) is 0 Å². The molecule has 0 bridgehead atoms. The summed E-state index contributed by atoms with van der Waals surface area (Å²) in [5.74, 6) is 0.165. The Morgan fingerprint density at radius 1 is 1.83 bits per heavy atom. The van der Waals surface area contributed by atoms with E-state index in [4.69, 9.17) is 4.74 Å². The number of thioether (sulfide) groups is 1. The Balaban J connectivity index is 2.12. The molecule has 0 amide bonds. The minimum Gasteiger partial charge on any atom is -0.465 e. The number of rotatable bonds is 3. The van der Waals surface area contributed by atoms with E-state index in [0.29, 0.717) is 12.4 Å². The average molecular weight is 188 g/mol. The van der Waals surface area contributed by atoms with Crippen molar-refractivity contribution in [1.29, 1.82) is 0 Å². The number of amidine groups is 1. The Kier molecular flexibility index (Phi) is 3.93. The van der Waals surface area contributed by atoms with E-state index in [1.165, 1.54) is 11.8 Å². The topological polar surface area (TPSA) is 50.7 Å². The van der Waals surface area contributed by atoms with Gasteiger partial charge in [0.2, 0.25) is 0 Å². The molecule has 0 unspecified atom stereocenters. The minimum atomic E-state index is -0.182. The summed E-state index contributed by atoms with van der Waals surface area (Å²) in [7, 11) is 0. The number of nitrogens with one attached hydrogen (secondary N) is 1. The van der Waals surface area contributed by atoms with Crippen molar-refractivity contribution >= 4 is 22.9 Å². The van der Waals surface area contributed by atoms with Gasteiger partial charge in [-0.25, -0.2) is 0 Å². The van der Waals surface area contributed by atoms with Crippen molar-refractivity contribution in [3.63, 3.8) is 0 Å². The number of carbonyl (C=O) groups is 1. The van der Waals surface area contributed by atoms with Crippen LogP contribution in [0.2, 0.25) is 0 Å². The molecular weight excluding hydrogens is 176 g/mol. The number of hydrogen-bond donors (Lipinski definition) is 1. The fourth-order valence-corrected chi connectivity index (χ4v) is 1.53. The number of nitrogens with zero attached hydrogens (tertiary/aromatic N) is 1. The van der Waals surface area contributed by atoms with Crippen LogP contribution >= 0.6 is 11.8 Å². The van der Waals surface area contributed by atoms with Crippen LogP contribution in [0, 0.1) is 0 Å². The van der Waals surface area contributed by atoms with Crippen LogP contribution in [0.25, 0.3) is 0 Å². The zero-order chi connectivity index (χ0) is 8.81. The van der Waals surface area contributed by atoms with E-state index >= 15 is 0 Å². The molecular formula is C7H12N2O2S. The van der Waals surface area contributed by atoms with E-state index in [9.17, 15) is 4.79 Å². The van der Waals surface area contributed by atoms with Crippen LogP contribution < -0.4 is 5.32 Å². The lowest BCUT2D eigenvalue weighted by molar-refractivity contribution is -0.139. The third-order valence-electron chi connectivity index (χ3n) is 1.28. The molecule has 68 valence electrons. The molecule has 0 saturated heterocycles. The molecule has 0 aliphatic carbocycles. The van der Waals surface area contributed by atoms with E-state index in [-0.39, 0.29) is 5.97 Å². The first-order valence-electron chi connectivity index (χ1n) is 3.89. The molecule has 0 atom stereocenters. The number of aliphatic imine (C=N–C) groups is 1. The molecule has 4 nitrogen and oxygen atoms in total. The summed E-state index contributed by atoms with van der Waals surface area (Å²) in [5.41, 5.74) is 0. The molecule has 0 radical (unpaired) electrons. The number of esters is 1. The zero-order valence-electron chi connectivity index (χ0n) is 7.00. The highest BCUT2D eigenvalue weighted by atomic mass is 32.2. The second-order valence-electron chi connectivity index (χ2n) is 2.21. The Morgan fingerprint density at radius 2 is 2.67 bits per heavy atom. The lowest BCUT2D eigenvalue weighted by Crippen LogP contribution is -2.17. The second-order valence-corrected chi connectivity index (χ2v) is 3.17. The predicted octanol–water partition coefficient (Wildman–Crippen LogP) is 0.242. The van der Waals surface area contributed by atoms with Gasteiger partial charge in [-0.1, -0.05) is 11.8 Å². The van der Waals surface area contributed by atoms with Gasteiger partial charge in [-0.15, -0.1) is 0 Å². The molecule has 0 aromatic heterocycles. The van der Waals surface area contributed by atoms with Gasteiger partial charge in [0.1, 0.15) is 0 Å². The van der Waals surface area contributed by atoms with Gasteiger partial charge in [-0.2, -0.15) is 0 Å². The summed E-state index contributed by atoms with van der Waals surface area (Å²) in [4.78, 5) is 15.0. The van der Waals surface area contributed by atoms with Crippen molar-refractivity contribution in [2.75, 3.05) is 25.4 Å². The van der Waals surface area contributed by atoms with Crippen molar-refractivity contribution in [1.82, 2.24) is 5.32 Å². The molecule has 1 heterocycles. The van der Waals surface area contributed by atoms with E-state index in [0.717, 1.165) is 18.3 Å². The number of ether oxygens (including phenoxy) is 1. The summed E-state index contributed by atoms with van der Waals surface area (Å²) >= 11 is 1.40. The standard InChI is InChI=1S/C7H12N2O2S/c1-2-11-6(10)5-12-7-8-3-4-9-7/h2-5H2,1H3,(H,8,9). The van der Waals surface area contributed by atoms with Crippen LogP contribution in [0.1, 0.15) is 6.92 Å². The van der Waals surface area contributed by atoms with E-state index in [1.54, 1.807) is 6.92 Å². The summed E-state index contributed by atoms with van der Waals surface area (Å²) in [6.45, 7) is 3.93. The van der Waals surface area contributed by atoms with Crippen LogP contribution in [0.3, 0.4) is 0 Å². The first-order valence-corrected chi connectivity index (χ1v) is 4.88. The fraction of sp³-hybridized carbons (Fsp3) is 0.714. The van der Waals surface area contributed by atoms with Crippen molar-refractivity contribution in [3.8, 4) is 0 Å². The first kappa shape index (κ1) is 9.38. The summed E-state index contributed by atoms with van der Waals surface area (Å²) < 4.78 is 4.76. The lowest BCUT2D eigenvalue weighted by Gasteiger charge is -2.01. The predicted molar refractivity (Wildman–Crippen MR) is 49.4 cm³/mol. The van der Waals surface area contributed by atoms with Gasteiger partial charge in [0.05, 0.1) is 18.9 Å². The van der Waals surface area contributed by atoms with Gasteiger partial charge in [0.15, 0.2) is 5.17 Å². The van der Waals surface area contributed by atoms with Crippen molar-refractivity contribution < 1.29 is 9.53 Å². The summed E-state index contributed by atoms with van der Waals surface area (Å²) in [6.07, 6.45) is 0. The molecule has 12 heavy (non-hydrogen) atoms.